The van der Waals surface area contributed by atoms with Crippen LogP contribution in [0.2, 0.25) is 0 Å². The third-order valence-corrected chi connectivity index (χ3v) is 4.39. The van der Waals surface area contributed by atoms with E-state index in [0.29, 0.717) is 5.11 Å². The topological polar surface area (TPSA) is 37.2 Å². The fraction of sp³-hybridized carbons (Fsp3) is 0.235. The van der Waals surface area contributed by atoms with E-state index in [1.807, 2.05) is 42.1 Å². The monoisotopic (exact) mass is 330 g/mol. The Bertz CT molecular complexity index is 798. The predicted molar refractivity (Wildman–Crippen MR) is 101 cm³/mol. The maximum Gasteiger partial charge on any atom is 0.170 e. The van der Waals surface area contributed by atoms with E-state index in [4.69, 9.17) is 16.6 Å². The number of furan rings is 1. The Labute approximate surface area is 139 Å². The van der Waals surface area contributed by atoms with Crippen molar-refractivity contribution in [1.29, 1.82) is 0 Å². The number of nitrogens with one attached hydrogen (secondary N) is 2. The molecule has 0 radical (unpaired) electrons. The first-order valence-corrected chi connectivity index (χ1v) is 9.03. The second-order valence-electron chi connectivity index (χ2n) is 5.04. The molecule has 3 rings (SSSR count). The quantitative estimate of drug-likeness (QED) is 0.527. The number of thioether (sulfide) groups is 1. The van der Waals surface area contributed by atoms with E-state index in [1.165, 1.54) is 0 Å². The number of benzene rings is 2. The van der Waals surface area contributed by atoms with Crippen LogP contribution in [0.4, 0.5) is 5.69 Å². The predicted octanol–water partition coefficient (Wildman–Crippen LogP) is 4.63. The summed E-state index contributed by atoms with van der Waals surface area (Å²) in [5, 5.41) is 9.34. The minimum absolute atomic E-state index is 0.650. The van der Waals surface area contributed by atoms with Gasteiger partial charge in [0.25, 0.3) is 0 Å². The molecule has 0 unspecified atom stereocenters. The van der Waals surface area contributed by atoms with Gasteiger partial charge in [0.05, 0.1) is 0 Å². The van der Waals surface area contributed by atoms with Crippen LogP contribution in [0.5, 0.6) is 0 Å². The lowest BCUT2D eigenvalue weighted by atomic mass is 10.1. The van der Waals surface area contributed by atoms with E-state index in [9.17, 15) is 0 Å². The molecule has 0 aliphatic rings. The molecule has 3 nitrogen and oxygen atoms in total. The van der Waals surface area contributed by atoms with Crippen LogP contribution >= 0.6 is 24.0 Å². The SMILES string of the molecule is CSCCCNC(=S)Nc1ccc2c(c1)oc1ccccc12. The summed E-state index contributed by atoms with van der Waals surface area (Å²) in [7, 11) is 0. The van der Waals surface area contributed by atoms with E-state index in [2.05, 4.69) is 29.0 Å². The number of anilines is 1. The smallest absolute Gasteiger partial charge is 0.170 e. The zero-order valence-corrected chi connectivity index (χ0v) is 14.0. The summed E-state index contributed by atoms with van der Waals surface area (Å²) < 4.78 is 5.88. The summed E-state index contributed by atoms with van der Waals surface area (Å²) in [4.78, 5) is 0. The van der Waals surface area contributed by atoms with Crippen molar-refractivity contribution in [2.75, 3.05) is 23.9 Å². The minimum atomic E-state index is 0.650. The van der Waals surface area contributed by atoms with Crippen LogP contribution in [0.1, 0.15) is 6.42 Å². The average Bonchev–Trinajstić information content (AvgIpc) is 2.89. The first-order valence-electron chi connectivity index (χ1n) is 7.23. The molecule has 1 aromatic heterocycles. The van der Waals surface area contributed by atoms with Gasteiger partial charge in [-0.05, 0) is 48.8 Å². The summed E-state index contributed by atoms with van der Waals surface area (Å²) in [6.45, 7) is 0.888. The van der Waals surface area contributed by atoms with Gasteiger partial charge in [-0.15, -0.1) is 0 Å². The Hall–Kier alpha value is -1.72. The highest BCUT2D eigenvalue weighted by atomic mass is 32.2. The molecule has 0 aliphatic carbocycles. The van der Waals surface area contributed by atoms with Crippen LogP contribution in [-0.4, -0.2) is 23.7 Å². The lowest BCUT2D eigenvalue weighted by Crippen LogP contribution is -2.29. The van der Waals surface area contributed by atoms with E-state index in [-0.39, 0.29) is 0 Å². The summed E-state index contributed by atoms with van der Waals surface area (Å²) in [6, 6.07) is 14.2. The second kappa shape index (κ2) is 7.03. The van der Waals surface area contributed by atoms with Crippen LogP contribution in [0.25, 0.3) is 21.9 Å². The summed E-state index contributed by atoms with van der Waals surface area (Å²) in [5.74, 6) is 1.14. The van der Waals surface area contributed by atoms with Crippen LogP contribution in [0.3, 0.4) is 0 Å². The molecule has 0 amide bonds. The van der Waals surface area contributed by atoms with E-state index in [1.54, 1.807) is 0 Å². The van der Waals surface area contributed by atoms with Crippen molar-refractivity contribution in [1.82, 2.24) is 5.32 Å². The van der Waals surface area contributed by atoms with Crippen LogP contribution in [0.15, 0.2) is 46.9 Å². The van der Waals surface area contributed by atoms with Crippen molar-refractivity contribution >= 4 is 56.7 Å². The zero-order valence-electron chi connectivity index (χ0n) is 12.4. The molecule has 2 aromatic carbocycles. The number of hydrogen-bond acceptors (Lipinski definition) is 3. The van der Waals surface area contributed by atoms with Crippen molar-refractivity contribution in [3.8, 4) is 0 Å². The Morgan fingerprint density at radius 3 is 2.82 bits per heavy atom. The number of para-hydroxylation sites is 1. The molecular formula is C17H18N2OS2. The van der Waals surface area contributed by atoms with Gasteiger partial charge >= 0.3 is 0 Å². The Morgan fingerprint density at radius 2 is 1.95 bits per heavy atom. The number of thiocarbonyl (C=S) groups is 1. The lowest BCUT2D eigenvalue weighted by Gasteiger charge is -2.10. The van der Waals surface area contributed by atoms with Crippen molar-refractivity contribution in [2.45, 2.75) is 6.42 Å². The van der Waals surface area contributed by atoms with Crippen molar-refractivity contribution in [3.05, 3.63) is 42.5 Å². The summed E-state index contributed by atoms with van der Waals surface area (Å²) >= 11 is 7.16. The Kier molecular flexibility index (Phi) is 4.85. The first-order chi connectivity index (χ1) is 10.8. The van der Waals surface area contributed by atoms with E-state index >= 15 is 0 Å². The first kappa shape index (κ1) is 15.2. The fourth-order valence-corrected chi connectivity index (χ4v) is 3.05. The standard InChI is InChI=1S/C17H18N2OS2/c1-22-10-4-9-18-17(21)19-12-7-8-14-13-5-2-3-6-15(13)20-16(14)11-12/h2-3,5-8,11H,4,9-10H2,1H3,(H2,18,19,21). The molecule has 0 saturated carbocycles. The van der Waals surface area contributed by atoms with Crippen LogP contribution < -0.4 is 10.6 Å². The molecule has 0 fully saturated rings. The van der Waals surface area contributed by atoms with Crippen LogP contribution in [-0.2, 0) is 0 Å². The lowest BCUT2D eigenvalue weighted by molar-refractivity contribution is 0.669. The number of hydrogen-bond donors (Lipinski definition) is 2. The van der Waals surface area contributed by atoms with E-state index in [0.717, 1.165) is 46.3 Å². The molecule has 0 atom stereocenters. The maximum atomic E-state index is 5.88. The summed E-state index contributed by atoms with van der Waals surface area (Å²) in [6.07, 6.45) is 3.21. The second-order valence-corrected chi connectivity index (χ2v) is 6.43. The largest absolute Gasteiger partial charge is 0.456 e. The van der Waals surface area contributed by atoms with Gasteiger partial charge in [0.15, 0.2) is 5.11 Å². The molecule has 0 saturated heterocycles. The minimum Gasteiger partial charge on any atom is -0.456 e. The maximum absolute atomic E-state index is 5.88. The molecule has 0 aliphatic heterocycles. The highest BCUT2D eigenvalue weighted by Crippen LogP contribution is 2.30. The molecule has 0 spiro atoms. The molecule has 5 heteroatoms. The Morgan fingerprint density at radius 1 is 1.14 bits per heavy atom. The van der Waals surface area contributed by atoms with Gasteiger partial charge in [-0.2, -0.15) is 11.8 Å². The highest BCUT2D eigenvalue weighted by molar-refractivity contribution is 7.98. The van der Waals surface area contributed by atoms with E-state index < -0.39 is 0 Å². The normalized spacial score (nSPS) is 11.0. The molecule has 2 N–H and O–H groups in total. The van der Waals surface area contributed by atoms with Gasteiger partial charge in [0.2, 0.25) is 0 Å². The van der Waals surface area contributed by atoms with Crippen molar-refractivity contribution in [3.63, 3.8) is 0 Å². The number of rotatable bonds is 5. The van der Waals surface area contributed by atoms with Gasteiger partial charge in [-0.1, -0.05) is 18.2 Å². The number of fused-ring (bicyclic) bond motifs is 3. The van der Waals surface area contributed by atoms with Gasteiger partial charge in [0.1, 0.15) is 11.2 Å². The average molecular weight is 330 g/mol. The van der Waals surface area contributed by atoms with Crippen molar-refractivity contribution < 1.29 is 4.42 Å². The molecule has 3 aromatic rings. The molecule has 0 bridgehead atoms. The fourth-order valence-electron chi connectivity index (χ4n) is 2.40. The third-order valence-electron chi connectivity index (χ3n) is 3.45. The summed E-state index contributed by atoms with van der Waals surface area (Å²) in [5.41, 5.74) is 2.72. The van der Waals surface area contributed by atoms with Crippen molar-refractivity contribution in [2.24, 2.45) is 0 Å². The van der Waals surface area contributed by atoms with Gasteiger partial charge in [0, 0.05) is 29.1 Å². The molecule has 22 heavy (non-hydrogen) atoms. The molecular weight excluding hydrogens is 312 g/mol. The Balaban J connectivity index is 1.72. The van der Waals surface area contributed by atoms with Gasteiger partial charge in [-0.3, -0.25) is 0 Å². The molecule has 114 valence electrons. The van der Waals surface area contributed by atoms with Crippen LogP contribution in [0, 0.1) is 0 Å². The highest BCUT2D eigenvalue weighted by Gasteiger charge is 2.07. The van der Waals surface area contributed by atoms with Gasteiger partial charge in [-0.25, -0.2) is 0 Å². The zero-order chi connectivity index (χ0) is 15.4. The van der Waals surface area contributed by atoms with Gasteiger partial charge < -0.3 is 15.1 Å². The molecule has 1 heterocycles. The third kappa shape index (κ3) is 3.36.